The van der Waals surface area contributed by atoms with E-state index in [9.17, 15) is 0 Å². The van der Waals surface area contributed by atoms with E-state index in [1.807, 2.05) is 13.1 Å². The van der Waals surface area contributed by atoms with Gasteiger partial charge in [0.2, 0.25) is 0 Å². The molecule has 0 spiro atoms. The minimum Gasteiger partial charge on any atom is -0.398 e. The molecule has 0 aromatic heterocycles. The quantitative estimate of drug-likeness (QED) is 0.603. The van der Waals surface area contributed by atoms with E-state index in [1.165, 1.54) is 0 Å². The summed E-state index contributed by atoms with van der Waals surface area (Å²) >= 11 is 0. The molecule has 0 fully saturated rings. The number of nitrogens with two attached hydrogens (primary N) is 1. The van der Waals surface area contributed by atoms with E-state index in [2.05, 4.69) is 11.4 Å². The Labute approximate surface area is 66.9 Å². The van der Waals surface area contributed by atoms with Gasteiger partial charge in [0.05, 0.1) is 11.4 Å². The molecule has 0 saturated carbocycles. The van der Waals surface area contributed by atoms with E-state index in [1.54, 1.807) is 7.11 Å². The van der Waals surface area contributed by atoms with Gasteiger partial charge in [0.1, 0.15) is 6.10 Å². The van der Waals surface area contributed by atoms with E-state index in [0.717, 1.165) is 17.8 Å². The lowest BCUT2D eigenvalue weighted by atomic mass is 10.1. The molecule has 1 unspecified atom stereocenters. The predicted molar refractivity (Wildman–Crippen MR) is 44.8 cm³/mol. The predicted octanol–water partition coefficient (Wildman–Crippen LogP) is 0.351. The average Bonchev–Trinajstić information content (AvgIpc) is 2.05. The second kappa shape index (κ2) is 3.44. The first-order chi connectivity index (χ1) is 5.29. The van der Waals surface area contributed by atoms with Crippen LogP contribution in [0.3, 0.4) is 0 Å². The van der Waals surface area contributed by atoms with Crippen molar-refractivity contribution < 1.29 is 4.74 Å². The fraction of sp³-hybridized carbons (Fsp3) is 0.500. The third-order valence-electron chi connectivity index (χ3n) is 1.85. The van der Waals surface area contributed by atoms with Gasteiger partial charge in [-0.3, -0.25) is 0 Å². The first-order valence-electron chi connectivity index (χ1n) is 3.66. The van der Waals surface area contributed by atoms with Crippen LogP contribution in [0, 0.1) is 0 Å². The van der Waals surface area contributed by atoms with Crippen molar-refractivity contribution in [3.05, 3.63) is 23.5 Å². The standard InChI is InChI=1S/C8H14N2O/c1-10-6-4-3-5-7(11-2)8(6)9/h3-4,7,10H,5,9H2,1-2H3. The summed E-state index contributed by atoms with van der Waals surface area (Å²) in [6.45, 7) is 0. The molecule has 62 valence electrons. The van der Waals surface area contributed by atoms with Crippen LogP contribution in [-0.4, -0.2) is 20.3 Å². The van der Waals surface area contributed by atoms with Gasteiger partial charge in [-0.15, -0.1) is 0 Å². The monoisotopic (exact) mass is 154 g/mol. The van der Waals surface area contributed by atoms with Crippen LogP contribution in [0.4, 0.5) is 0 Å². The summed E-state index contributed by atoms with van der Waals surface area (Å²) in [5.74, 6) is 0. The maximum Gasteiger partial charge on any atom is 0.102 e. The molecule has 3 N–H and O–H groups in total. The lowest BCUT2D eigenvalue weighted by Crippen LogP contribution is -2.27. The number of nitrogens with one attached hydrogen (secondary N) is 1. The van der Waals surface area contributed by atoms with E-state index in [4.69, 9.17) is 10.5 Å². The Hall–Kier alpha value is -0.960. The molecule has 0 aromatic rings. The fourth-order valence-electron chi connectivity index (χ4n) is 1.16. The Morgan fingerprint density at radius 1 is 1.73 bits per heavy atom. The zero-order chi connectivity index (χ0) is 8.27. The molecule has 3 heteroatoms. The minimum absolute atomic E-state index is 0.0439. The van der Waals surface area contributed by atoms with E-state index in [-0.39, 0.29) is 6.10 Å². The summed E-state index contributed by atoms with van der Waals surface area (Å²) in [5.41, 5.74) is 7.54. The van der Waals surface area contributed by atoms with Gasteiger partial charge in [-0.05, 0) is 12.5 Å². The molecule has 0 radical (unpaired) electrons. The Bertz CT molecular complexity index is 196. The van der Waals surface area contributed by atoms with Crippen LogP contribution < -0.4 is 11.1 Å². The van der Waals surface area contributed by atoms with Crippen molar-refractivity contribution >= 4 is 0 Å². The molecule has 1 aliphatic rings. The number of likely N-dealkylation sites (N-methyl/N-ethyl adjacent to an activating group) is 1. The SMILES string of the molecule is CNC1=C(N)C(OC)CC=C1. The van der Waals surface area contributed by atoms with E-state index >= 15 is 0 Å². The third-order valence-corrected chi connectivity index (χ3v) is 1.85. The van der Waals surface area contributed by atoms with E-state index in [0.29, 0.717) is 0 Å². The van der Waals surface area contributed by atoms with Crippen LogP contribution >= 0.6 is 0 Å². The first kappa shape index (κ1) is 8.14. The van der Waals surface area contributed by atoms with Crippen LogP contribution in [-0.2, 0) is 4.74 Å². The lowest BCUT2D eigenvalue weighted by Gasteiger charge is -2.20. The van der Waals surface area contributed by atoms with Crippen LogP contribution in [0.1, 0.15) is 6.42 Å². The van der Waals surface area contributed by atoms with E-state index < -0.39 is 0 Å². The molecule has 0 saturated heterocycles. The average molecular weight is 154 g/mol. The zero-order valence-electron chi connectivity index (χ0n) is 6.92. The van der Waals surface area contributed by atoms with Gasteiger partial charge in [-0.2, -0.15) is 0 Å². The minimum atomic E-state index is 0.0439. The number of allylic oxidation sites excluding steroid dienone is 1. The number of ether oxygens (including phenoxy) is 1. The summed E-state index contributed by atoms with van der Waals surface area (Å²) < 4.78 is 5.16. The van der Waals surface area contributed by atoms with Gasteiger partial charge >= 0.3 is 0 Å². The second-order valence-corrected chi connectivity index (χ2v) is 2.48. The van der Waals surface area contributed by atoms with Crippen molar-refractivity contribution in [1.29, 1.82) is 0 Å². The van der Waals surface area contributed by atoms with Gasteiger partial charge in [-0.1, -0.05) is 6.08 Å². The maximum absolute atomic E-state index is 5.79. The fourth-order valence-corrected chi connectivity index (χ4v) is 1.16. The molecule has 0 heterocycles. The molecular weight excluding hydrogens is 140 g/mol. The normalized spacial score (nSPS) is 24.0. The second-order valence-electron chi connectivity index (χ2n) is 2.48. The highest BCUT2D eigenvalue weighted by Crippen LogP contribution is 2.15. The van der Waals surface area contributed by atoms with Gasteiger partial charge in [-0.25, -0.2) is 0 Å². The zero-order valence-corrected chi connectivity index (χ0v) is 6.92. The molecule has 0 aliphatic heterocycles. The Morgan fingerprint density at radius 2 is 2.45 bits per heavy atom. The summed E-state index contributed by atoms with van der Waals surface area (Å²) in [5, 5.41) is 3.01. The van der Waals surface area contributed by atoms with Crippen molar-refractivity contribution in [3.63, 3.8) is 0 Å². The van der Waals surface area contributed by atoms with Crippen LogP contribution in [0.5, 0.6) is 0 Å². The summed E-state index contributed by atoms with van der Waals surface area (Å²) in [6, 6.07) is 0. The summed E-state index contributed by atoms with van der Waals surface area (Å²) in [6.07, 6.45) is 4.94. The molecule has 11 heavy (non-hydrogen) atoms. The van der Waals surface area contributed by atoms with Gasteiger partial charge in [0, 0.05) is 14.2 Å². The Morgan fingerprint density at radius 3 is 3.00 bits per heavy atom. The highest BCUT2D eigenvalue weighted by Gasteiger charge is 2.15. The van der Waals surface area contributed by atoms with Gasteiger partial charge in [0.15, 0.2) is 0 Å². The van der Waals surface area contributed by atoms with Crippen molar-refractivity contribution in [2.45, 2.75) is 12.5 Å². The number of methoxy groups -OCH3 is 1. The Balaban J connectivity index is 2.78. The molecular formula is C8H14N2O. The molecule has 1 rings (SSSR count). The smallest absolute Gasteiger partial charge is 0.102 e. The largest absolute Gasteiger partial charge is 0.398 e. The molecule has 3 nitrogen and oxygen atoms in total. The number of hydrogen-bond donors (Lipinski definition) is 2. The highest BCUT2D eigenvalue weighted by molar-refractivity contribution is 5.29. The number of rotatable bonds is 2. The van der Waals surface area contributed by atoms with Crippen molar-refractivity contribution in [2.75, 3.05) is 14.2 Å². The van der Waals surface area contributed by atoms with Crippen LogP contribution in [0.25, 0.3) is 0 Å². The van der Waals surface area contributed by atoms with Crippen LogP contribution in [0.15, 0.2) is 23.5 Å². The molecule has 0 bridgehead atoms. The highest BCUT2D eigenvalue weighted by atomic mass is 16.5. The summed E-state index contributed by atoms with van der Waals surface area (Å²) in [7, 11) is 3.52. The Kier molecular flexibility index (Phi) is 2.54. The van der Waals surface area contributed by atoms with Crippen molar-refractivity contribution in [3.8, 4) is 0 Å². The first-order valence-corrected chi connectivity index (χ1v) is 3.66. The molecule has 0 aromatic carbocycles. The molecule has 0 amide bonds. The molecule has 1 atom stereocenters. The van der Waals surface area contributed by atoms with Gasteiger partial charge < -0.3 is 15.8 Å². The van der Waals surface area contributed by atoms with Gasteiger partial charge in [0.25, 0.3) is 0 Å². The lowest BCUT2D eigenvalue weighted by molar-refractivity contribution is 0.130. The number of hydrogen-bond acceptors (Lipinski definition) is 3. The maximum atomic E-state index is 5.79. The van der Waals surface area contributed by atoms with Crippen molar-refractivity contribution in [2.24, 2.45) is 5.73 Å². The summed E-state index contributed by atoms with van der Waals surface area (Å²) in [4.78, 5) is 0. The topological polar surface area (TPSA) is 47.3 Å². The van der Waals surface area contributed by atoms with Crippen molar-refractivity contribution in [1.82, 2.24) is 5.32 Å². The molecule has 1 aliphatic carbocycles. The third kappa shape index (κ3) is 1.54. The van der Waals surface area contributed by atoms with Crippen LogP contribution in [0.2, 0.25) is 0 Å².